The second-order valence-electron chi connectivity index (χ2n) is 10.3. The number of likely N-dealkylation sites (tertiary alicyclic amines) is 1. The minimum absolute atomic E-state index is 0.209. The quantitative estimate of drug-likeness (QED) is 0.333. The summed E-state index contributed by atoms with van der Waals surface area (Å²) < 4.78 is 17.7. The zero-order chi connectivity index (χ0) is 29.2. The number of carbonyl (C=O) groups is 3. The molecular weight excluding hydrogens is 540 g/mol. The molecule has 2 atom stereocenters. The predicted molar refractivity (Wildman–Crippen MR) is 152 cm³/mol. The van der Waals surface area contributed by atoms with Gasteiger partial charge in [-0.2, -0.15) is 5.10 Å². The SMILES string of the molecule is COc1cc2ccc1CNC(=O)COc1cc(ccc1C)C(=O)N[C@H]1CN(C(=O)c3ccc4cn[nH]c4n3)CC[C@H]1O2. The number of piperidine rings is 1. The minimum atomic E-state index is -0.540. The number of nitrogens with one attached hydrogen (secondary N) is 3. The summed E-state index contributed by atoms with van der Waals surface area (Å²) in [5.41, 5.74) is 2.73. The summed E-state index contributed by atoms with van der Waals surface area (Å²) >= 11 is 0. The summed E-state index contributed by atoms with van der Waals surface area (Å²) in [6, 6.07) is 13.4. The van der Waals surface area contributed by atoms with E-state index >= 15 is 0 Å². The Morgan fingerprint density at radius 1 is 1.12 bits per heavy atom. The maximum absolute atomic E-state index is 13.5. The van der Waals surface area contributed by atoms with Gasteiger partial charge < -0.3 is 29.7 Å². The van der Waals surface area contributed by atoms with Crippen molar-refractivity contribution in [2.24, 2.45) is 0 Å². The molecule has 7 rings (SSSR count). The molecule has 3 N–H and O–H groups in total. The lowest BCUT2D eigenvalue weighted by Gasteiger charge is -2.38. The highest BCUT2D eigenvalue weighted by Crippen LogP contribution is 2.28. The average molecular weight is 571 g/mol. The molecule has 216 valence electrons. The van der Waals surface area contributed by atoms with Crippen molar-refractivity contribution in [2.45, 2.75) is 32.0 Å². The van der Waals surface area contributed by atoms with Crippen molar-refractivity contribution in [3.63, 3.8) is 0 Å². The van der Waals surface area contributed by atoms with Crippen molar-refractivity contribution in [3.8, 4) is 17.2 Å². The molecule has 0 unspecified atom stereocenters. The van der Waals surface area contributed by atoms with Gasteiger partial charge in [0.1, 0.15) is 29.0 Å². The molecule has 1 fully saturated rings. The molecule has 2 aromatic carbocycles. The summed E-state index contributed by atoms with van der Waals surface area (Å²) in [4.78, 5) is 45.6. The third-order valence-corrected chi connectivity index (χ3v) is 7.50. The van der Waals surface area contributed by atoms with Gasteiger partial charge in [0.2, 0.25) is 0 Å². The maximum atomic E-state index is 13.5. The second kappa shape index (κ2) is 11.4. The largest absolute Gasteiger partial charge is 0.496 e. The number of aromatic amines is 1. The standard InChI is InChI=1S/C30H30N6O6/c1-17-3-4-18-11-25(17)41-16-27(37)31-13-19-5-7-21(12-26(19)40-2)42-24-9-10-36(15-23(24)34-29(18)38)30(39)22-8-6-20-14-32-35-28(20)33-22/h3-8,11-12,14,23-24H,9-10,13,15-16H2,1-2H3,(H,31,37)(H,34,38)(H,32,33,35)/t23-,24+/m0/s1. The number of aryl methyl sites for hydroxylation is 1. The van der Waals surface area contributed by atoms with Gasteiger partial charge in [-0.1, -0.05) is 6.07 Å². The van der Waals surface area contributed by atoms with Crippen molar-refractivity contribution in [2.75, 3.05) is 26.8 Å². The predicted octanol–water partition coefficient (Wildman–Crippen LogP) is 2.38. The van der Waals surface area contributed by atoms with E-state index in [4.69, 9.17) is 14.2 Å². The van der Waals surface area contributed by atoms with Crippen LogP contribution in [0.2, 0.25) is 0 Å². The molecule has 12 heteroatoms. The summed E-state index contributed by atoms with van der Waals surface area (Å²) in [6.45, 7) is 2.48. The summed E-state index contributed by atoms with van der Waals surface area (Å²) in [6.07, 6.45) is 1.67. The minimum Gasteiger partial charge on any atom is -0.496 e. The summed E-state index contributed by atoms with van der Waals surface area (Å²) in [7, 11) is 1.55. The lowest BCUT2D eigenvalue weighted by Crippen LogP contribution is -2.58. The monoisotopic (exact) mass is 570 g/mol. The zero-order valence-corrected chi connectivity index (χ0v) is 23.2. The fraction of sp³-hybridized carbons (Fsp3) is 0.300. The van der Waals surface area contributed by atoms with E-state index in [-0.39, 0.29) is 43.1 Å². The molecule has 1 saturated heterocycles. The molecule has 0 radical (unpaired) electrons. The lowest BCUT2D eigenvalue weighted by atomic mass is 10.00. The maximum Gasteiger partial charge on any atom is 0.272 e. The topological polar surface area (TPSA) is 148 Å². The van der Waals surface area contributed by atoms with Gasteiger partial charge in [0, 0.05) is 48.6 Å². The molecule has 0 saturated carbocycles. The van der Waals surface area contributed by atoms with Crippen LogP contribution in [0.3, 0.4) is 0 Å². The third-order valence-electron chi connectivity index (χ3n) is 7.50. The van der Waals surface area contributed by atoms with E-state index in [0.29, 0.717) is 41.4 Å². The van der Waals surface area contributed by atoms with E-state index in [1.807, 2.05) is 13.0 Å². The Hall–Kier alpha value is -5.13. The van der Waals surface area contributed by atoms with Crippen molar-refractivity contribution < 1.29 is 28.6 Å². The van der Waals surface area contributed by atoms with Crippen LogP contribution in [0.25, 0.3) is 11.0 Å². The van der Waals surface area contributed by atoms with Crippen molar-refractivity contribution >= 4 is 28.8 Å². The number of H-pyrrole nitrogens is 1. The molecule has 0 aliphatic carbocycles. The van der Waals surface area contributed by atoms with E-state index in [2.05, 4.69) is 25.8 Å². The Morgan fingerprint density at radius 2 is 2.00 bits per heavy atom. The fourth-order valence-electron chi connectivity index (χ4n) is 5.16. The van der Waals surface area contributed by atoms with Gasteiger partial charge in [-0.05, 0) is 48.9 Å². The molecule has 3 aliphatic rings. The molecule has 5 heterocycles. The first kappa shape index (κ1) is 27.1. The van der Waals surface area contributed by atoms with Crippen molar-refractivity contribution in [1.29, 1.82) is 0 Å². The number of hydrogen-bond acceptors (Lipinski definition) is 8. The highest BCUT2D eigenvalue weighted by atomic mass is 16.5. The number of pyridine rings is 1. The van der Waals surface area contributed by atoms with Crippen LogP contribution >= 0.6 is 0 Å². The van der Waals surface area contributed by atoms with E-state index in [0.717, 1.165) is 16.5 Å². The van der Waals surface area contributed by atoms with Crippen LogP contribution < -0.4 is 24.8 Å². The fourth-order valence-corrected chi connectivity index (χ4v) is 5.16. The van der Waals surface area contributed by atoms with E-state index < -0.39 is 12.1 Å². The van der Waals surface area contributed by atoms with Gasteiger partial charge in [-0.15, -0.1) is 0 Å². The lowest BCUT2D eigenvalue weighted by molar-refractivity contribution is -0.123. The molecule has 4 aromatic rings. The Labute approximate surface area is 241 Å². The highest BCUT2D eigenvalue weighted by Gasteiger charge is 2.35. The van der Waals surface area contributed by atoms with Crippen LogP contribution in [-0.2, 0) is 11.3 Å². The Kier molecular flexibility index (Phi) is 7.34. The molecule has 2 aromatic heterocycles. The molecular formula is C30H30N6O6. The van der Waals surface area contributed by atoms with Crippen molar-refractivity contribution in [1.82, 2.24) is 30.7 Å². The van der Waals surface area contributed by atoms with E-state index in [1.54, 1.807) is 60.7 Å². The normalized spacial score (nSPS) is 19.1. The van der Waals surface area contributed by atoms with Crippen LogP contribution in [0.1, 0.15) is 38.4 Å². The molecule has 12 nitrogen and oxygen atoms in total. The van der Waals surface area contributed by atoms with Crippen LogP contribution in [0.5, 0.6) is 17.2 Å². The number of amides is 3. The summed E-state index contributed by atoms with van der Waals surface area (Å²) in [5.74, 6) is 0.602. The average Bonchev–Trinajstić information content (AvgIpc) is 3.48. The number of carbonyl (C=O) groups excluding carboxylic acids is 3. The first-order chi connectivity index (χ1) is 20.4. The second-order valence-corrected chi connectivity index (χ2v) is 10.3. The summed E-state index contributed by atoms with van der Waals surface area (Å²) in [5, 5.41) is 13.5. The smallest absolute Gasteiger partial charge is 0.272 e. The van der Waals surface area contributed by atoms with Gasteiger partial charge in [-0.25, -0.2) is 4.98 Å². The van der Waals surface area contributed by atoms with Gasteiger partial charge in [0.15, 0.2) is 12.3 Å². The third kappa shape index (κ3) is 5.55. The molecule has 0 spiro atoms. The molecule has 3 aliphatic heterocycles. The number of hydrogen-bond donors (Lipinski definition) is 3. The van der Waals surface area contributed by atoms with Crippen LogP contribution in [0, 0.1) is 6.92 Å². The number of aromatic nitrogens is 3. The first-order valence-corrected chi connectivity index (χ1v) is 13.6. The van der Waals surface area contributed by atoms with E-state index in [1.165, 1.54) is 0 Å². The van der Waals surface area contributed by atoms with Crippen LogP contribution in [-0.4, -0.2) is 76.8 Å². The van der Waals surface area contributed by atoms with Gasteiger partial charge >= 0.3 is 0 Å². The zero-order valence-electron chi connectivity index (χ0n) is 23.2. The molecule has 42 heavy (non-hydrogen) atoms. The Morgan fingerprint density at radius 3 is 2.86 bits per heavy atom. The molecule has 4 bridgehead atoms. The number of methoxy groups -OCH3 is 1. The Bertz CT molecular complexity index is 1670. The first-order valence-electron chi connectivity index (χ1n) is 13.6. The number of benzene rings is 2. The number of nitrogens with zero attached hydrogens (tertiary/aromatic N) is 3. The number of rotatable bonds is 2. The van der Waals surface area contributed by atoms with Crippen LogP contribution in [0.4, 0.5) is 0 Å². The van der Waals surface area contributed by atoms with Gasteiger partial charge in [0.25, 0.3) is 17.7 Å². The molecule has 3 amide bonds. The Balaban J connectivity index is 1.31. The number of ether oxygens (including phenoxy) is 3. The van der Waals surface area contributed by atoms with Gasteiger partial charge in [-0.3, -0.25) is 19.5 Å². The van der Waals surface area contributed by atoms with E-state index in [9.17, 15) is 14.4 Å². The van der Waals surface area contributed by atoms with Crippen LogP contribution in [0.15, 0.2) is 54.7 Å². The number of fused-ring (bicyclic) bond motifs is 8. The van der Waals surface area contributed by atoms with Crippen molar-refractivity contribution in [3.05, 3.63) is 77.1 Å². The van der Waals surface area contributed by atoms with Gasteiger partial charge in [0.05, 0.1) is 19.3 Å². The highest BCUT2D eigenvalue weighted by molar-refractivity contribution is 5.96.